The van der Waals surface area contributed by atoms with Gasteiger partial charge in [0.1, 0.15) is 13.8 Å². The molecule has 0 atom stereocenters. The van der Waals surface area contributed by atoms with E-state index in [9.17, 15) is 4.79 Å². The van der Waals surface area contributed by atoms with Crippen LogP contribution in [-0.2, 0) is 0 Å². The molecule has 0 aliphatic rings. The van der Waals surface area contributed by atoms with E-state index in [0.29, 0.717) is 22.2 Å². The van der Waals surface area contributed by atoms with Gasteiger partial charge in [-0.1, -0.05) is 41.5 Å². The van der Waals surface area contributed by atoms with Gasteiger partial charge >= 0.3 is 0 Å². The molecule has 4 heteroatoms. The molecule has 0 fully saturated rings. The summed E-state index contributed by atoms with van der Waals surface area (Å²) in [7, 11) is -0.148. The number of hydrogen-bond donors (Lipinski definition) is 0. The molecule has 0 unspecified atom stereocenters. The van der Waals surface area contributed by atoms with Crippen molar-refractivity contribution in [2.75, 3.05) is 7.11 Å². The minimum absolute atomic E-state index is 0.000628. The number of benzene rings is 1. The lowest BCUT2D eigenvalue weighted by Crippen LogP contribution is -2.43. The Kier molecular flexibility index (Phi) is 7.43. The summed E-state index contributed by atoms with van der Waals surface area (Å²) >= 11 is 1.12. The molecule has 0 bridgehead atoms. The van der Waals surface area contributed by atoms with Gasteiger partial charge in [0.25, 0.3) is 0 Å². The zero-order valence-electron chi connectivity index (χ0n) is 15.3. The first-order chi connectivity index (χ1) is 10.8. The molecule has 126 valence electrons. The molecule has 0 radical (unpaired) electrons. The van der Waals surface area contributed by atoms with Crippen molar-refractivity contribution in [3.05, 3.63) is 29.8 Å². The Morgan fingerprint density at radius 1 is 1.00 bits per heavy atom. The zero-order chi connectivity index (χ0) is 17.6. The second-order valence-corrected chi connectivity index (χ2v) is 13.1. The van der Waals surface area contributed by atoms with Crippen LogP contribution in [0.5, 0.6) is 5.75 Å². The van der Waals surface area contributed by atoms with Gasteiger partial charge in [-0.15, -0.1) is 5.54 Å². The van der Waals surface area contributed by atoms with Gasteiger partial charge in [0.05, 0.1) is 7.11 Å². The maximum atomic E-state index is 12.3. The Bertz CT molecular complexity index is 558. The van der Waals surface area contributed by atoms with Crippen LogP contribution >= 0.6 is 11.8 Å². The molecule has 2 nitrogen and oxygen atoms in total. The zero-order valence-corrected chi connectivity index (χ0v) is 17.1. The number of carbonyl (C=O) groups excluding carboxylic acids is 1. The highest BCUT2D eigenvalue weighted by atomic mass is 32.2. The Morgan fingerprint density at radius 2 is 1.48 bits per heavy atom. The lowest BCUT2D eigenvalue weighted by atomic mass is 10.2. The van der Waals surface area contributed by atoms with Gasteiger partial charge in [-0.2, -0.15) is 0 Å². The maximum absolute atomic E-state index is 12.3. The third-order valence-electron chi connectivity index (χ3n) is 4.60. The molecule has 1 aromatic carbocycles. The van der Waals surface area contributed by atoms with Crippen LogP contribution in [0.1, 0.15) is 51.9 Å². The van der Waals surface area contributed by atoms with Crippen molar-refractivity contribution in [2.45, 2.75) is 58.2 Å². The van der Waals surface area contributed by atoms with E-state index in [1.165, 1.54) is 0 Å². The Hall–Kier alpha value is -1.18. The van der Waals surface area contributed by atoms with Gasteiger partial charge < -0.3 is 4.74 Å². The number of methoxy groups -OCH3 is 1. The minimum atomic E-state index is -1.76. The fraction of sp³-hybridized carbons (Fsp3) is 0.526. The maximum Gasteiger partial charge on any atom is 0.231 e. The summed E-state index contributed by atoms with van der Waals surface area (Å²) in [6, 6.07) is 7.18. The summed E-state index contributed by atoms with van der Waals surface area (Å²) < 4.78 is 5.11. The van der Waals surface area contributed by atoms with E-state index < -0.39 is 8.07 Å². The van der Waals surface area contributed by atoms with Crippen molar-refractivity contribution in [1.29, 1.82) is 0 Å². The second kappa shape index (κ2) is 8.61. The van der Waals surface area contributed by atoms with Crippen molar-refractivity contribution < 1.29 is 9.53 Å². The predicted molar refractivity (Wildman–Crippen MR) is 104 cm³/mol. The van der Waals surface area contributed by atoms with E-state index in [4.69, 9.17) is 4.74 Å². The van der Waals surface area contributed by atoms with Gasteiger partial charge in [-0.05, 0) is 46.1 Å². The standard InChI is InChI=1S/C19H28O2SSi/c1-14(2)23(15(3)4,16(5)6)13-12-22-19(20)17-8-10-18(21-7)11-9-17/h8-11,14-16H,1-7H3. The molecule has 0 saturated heterocycles. The van der Waals surface area contributed by atoms with E-state index in [1.54, 1.807) is 31.4 Å². The van der Waals surface area contributed by atoms with Gasteiger partial charge in [0.15, 0.2) is 0 Å². The predicted octanol–water partition coefficient (Wildman–Crippen LogP) is 5.75. The molecule has 0 spiro atoms. The average molecular weight is 349 g/mol. The van der Waals surface area contributed by atoms with Crippen molar-refractivity contribution in [1.82, 2.24) is 0 Å². The van der Waals surface area contributed by atoms with E-state index in [0.717, 1.165) is 17.5 Å². The van der Waals surface area contributed by atoms with E-state index in [1.807, 2.05) is 0 Å². The van der Waals surface area contributed by atoms with Crippen LogP contribution in [0.25, 0.3) is 0 Å². The molecule has 0 N–H and O–H groups in total. The van der Waals surface area contributed by atoms with Gasteiger partial charge in [0.2, 0.25) is 5.12 Å². The van der Waals surface area contributed by atoms with Gasteiger partial charge in [-0.3, -0.25) is 4.79 Å². The molecular formula is C19H28O2SSi. The first kappa shape index (κ1) is 19.9. The summed E-state index contributed by atoms with van der Waals surface area (Å²) in [5.41, 5.74) is 5.95. The highest BCUT2D eigenvalue weighted by Crippen LogP contribution is 2.40. The monoisotopic (exact) mass is 348 g/mol. The smallest absolute Gasteiger partial charge is 0.231 e. The van der Waals surface area contributed by atoms with Crippen molar-refractivity contribution in [3.63, 3.8) is 0 Å². The highest BCUT2D eigenvalue weighted by molar-refractivity contribution is 8.18. The SMILES string of the molecule is COc1ccc(C(=O)SC#C[Si](C(C)C)(C(C)C)C(C)C)cc1. The fourth-order valence-electron chi connectivity index (χ4n) is 3.38. The first-order valence-electron chi connectivity index (χ1n) is 8.13. The van der Waals surface area contributed by atoms with Gasteiger partial charge in [0, 0.05) is 17.3 Å². The molecule has 0 saturated carbocycles. The highest BCUT2D eigenvalue weighted by Gasteiger charge is 2.41. The lowest BCUT2D eigenvalue weighted by Gasteiger charge is -2.37. The van der Waals surface area contributed by atoms with Gasteiger partial charge in [-0.25, -0.2) is 0 Å². The van der Waals surface area contributed by atoms with Crippen molar-refractivity contribution in [2.24, 2.45) is 0 Å². The molecule has 1 aromatic rings. The molecule has 0 heterocycles. The summed E-state index contributed by atoms with van der Waals surface area (Å²) in [6.07, 6.45) is 0. The average Bonchev–Trinajstić information content (AvgIpc) is 2.50. The largest absolute Gasteiger partial charge is 0.497 e. The van der Waals surface area contributed by atoms with Crippen LogP contribution in [0.3, 0.4) is 0 Å². The summed E-state index contributed by atoms with van der Waals surface area (Å²) in [6.45, 7) is 13.6. The Balaban J connectivity index is 2.93. The molecule has 23 heavy (non-hydrogen) atoms. The number of rotatable bonds is 5. The normalized spacial score (nSPS) is 11.6. The number of carbonyl (C=O) groups is 1. The van der Waals surface area contributed by atoms with E-state index in [2.05, 4.69) is 52.3 Å². The number of ether oxygens (including phenoxy) is 1. The molecule has 1 rings (SSSR count). The number of thioether (sulfide) groups is 1. The van der Waals surface area contributed by atoms with E-state index in [-0.39, 0.29) is 5.12 Å². The molecule has 0 aromatic heterocycles. The third kappa shape index (κ3) is 4.65. The lowest BCUT2D eigenvalue weighted by molar-refractivity contribution is 0.109. The Morgan fingerprint density at radius 3 is 1.87 bits per heavy atom. The topological polar surface area (TPSA) is 26.3 Å². The van der Waals surface area contributed by atoms with Crippen LogP contribution in [0.15, 0.2) is 24.3 Å². The molecule has 0 aliphatic heterocycles. The molecule has 0 aliphatic carbocycles. The van der Waals surface area contributed by atoms with Crippen LogP contribution in [0, 0.1) is 10.8 Å². The van der Waals surface area contributed by atoms with Crippen LogP contribution < -0.4 is 4.74 Å². The first-order valence-corrected chi connectivity index (χ1v) is 11.2. The molecule has 0 amide bonds. The fourth-order valence-corrected chi connectivity index (χ4v) is 9.50. The Labute approximate surface area is 146 Å². The molecular weight excluding hydrogens is 320 g/mol. The summed E-state index contributed by atoms with van der Waals surface area (Å²) in [5.74, 6) is 0.753. The number of hydrogen-bond acceptors (Lipinski definition) is 3. The van der Waals surface area contributed by atoms with Crippen molar-refractivity contribution >= 4 is 25.0 Å². The van der Waals surface area contributed by atoms with Crippen LogP contribution in [-0.4, -0.2) is 20.3 Å². The van der Waals surface area contributed by atoms with Crippen LogP contribution in [0.4, 0.5) is 0 Å². The summed E-state index contributed by atoms with van der Waals surface area (Å²) in [4.78, 5) is 12.3. The quantitative estimate of drug-likeness (QED) is 0.501. The minimum Gasteiger partial charge on any atom is -0.497 e. The summed E-state index contributed by atoms with van der Waals surface area (Å²) in [5, 5.41) is 3.14. The van der Waals surface area contributed by atoms with Crippen molar-refractivity contribution in [3.8, 4) is 16.5 Å². The second-order valence-electron chi connectivity index (χ2n) is 6.74. The van der Waals surface area contributed by atoms with Crippen LogP contribution in [0.2, 0.25) is 16.6 Å². The van der Waals surface area contributed by atoms with E-state index >= 15 is 0 Å². The third-order valence-corrected chi connectivity index (χ3v) is 11.7.